The minimum Gasteiger partial charge on any atom is -0.382 e. The highest BCUT2D eigenvalue weighted by Crippen LogP contribution is 2.17. The minimum atomic E-state index is -0.798. The predicted octanol–water partition coefficient (Wildman–Crippen LogP) is 2.52. The molecule has 0 aromatic heterocycles. The summed E-state index contributed by atoms with van der Waals surface area (Å²) in [5.74, 6) is -1.59. The topological polar surface area (TPSA) is 24.1 Å². The van der Waals surface area contributed by atoms with Gasteiger partial charge in [0.05, 0.1) is 0 Å². The van der Waals surface area contributed by atoms with Crippen molar-refractivity contribution in [2.24, 2.45) is 0 Å². The van der Waals surface area contributed by atoms with E-state index >= 15 is 0 Å². The van der Waals surface area contributed by atoms with Gasteiger partial charge >= 0.3 is 0 Å². The van der Waals surface area contributed by atoms with Gasteiger partial charge in [0.25, 0.3) is 0 Å². The summed E-state index contributed by atoms with van der Waals surface area (Å²) in [7, 11) is 0. The van der Waals surface area contributed by atoms with Crippen LogP contribution < -0.4 is 10.6 Å². The molecule has 2 nitrogen and oxygen atoms in total. The van der Waals surface area contributed by atoms with Gasteiger partial charge in [0.2, 0.25) is 0 Å². The van der Waals surface area contributed by atoms with Gasteiger partial charge in [-0.15, -0.1) is 0 Å². The Balaban J connectivity index is 1.99. The molecule has 1 aromatic carbocycles. The lowest BCUT2D eigenvalue weighted by molar-refractivity contribution is 0.508. The molecule has 0 bridgehead atoms. The minimum absolute atomic E-state index is 0.347. The molecule has 1 saturated heterocycles. The highest BCUT2D eigenvalue weighted by atomic mass is 19.2. The number of hydrogen-bond donors (Lipinski definition) is 2. The Hall–Kier alpha value is -1.16. The Morgan fingerprint density at radius 1 is 1.12 bits per heavy atom. The predicted molar refractivity (Wildman–Crippen MR) is 60.5 cm³/mol. The molecule has 1 fully saturated rings. The number of anilines is 1. The Morgan fingerprint density at radius 2 is 2.00 bits per heavy atom. The Kier molecular flexibility index (Phi) is 3.72. The fourth-order valence-corrected chi connectivity index (χ4v) is 1.99. The van der Waals surface area contributed by atoms with Crippen molar-refractivity contribution >= 4 is 5.69 Å². The Morgan fingerprint density at radius 3 is 2.81 bits per heavy atom. The van der Waals surface area contributed by atoms with Gasteiger partial charge in [-0.2, -0.15) is 0 Å². The van der Waals surface area contributed by atoms with E-state index in [0.29, 0.717) is 11.7 Å². The van der Waals surface area contributed by atoms with E-state index in [4.69, 9.17) is 0 Å². The first-order valence-corrected chi connectivity index (χ1v) is 5.68. The molecule has 2 N–H and O–H groups in total. The zero-order valence-electron chi connectivity index (χ0n) is 9.10. The lowest BCUT2D eigenvalue weighted by Crippen LogP contribution is -2.21. The third-order valence-corrected chi connectivity index (χ3v) is 2.87. The average Bonchev–Trinajstić information content (AvgIpc) is 2.52. The molecule has 16 heavy (non-hydrogen) atoms. The van der Waals surface area contributed by atoms with Crippen molar-refractivity contribution < 1.29 is 8.78 Å². The second kappa shape index (κ2) is 5.25. The molecule has 0 spiro atoms. The smallest absolute Gasteiger partial charge is 0.160 e. The van der Waals surface area contributed by atoms with Crippen LogP contribution in [0.25, 0.3) is 0 Å². The molecule has 88 valence electrons. The maximum absolute atomic E-state index is 13.0. The number of halogens is 2. The molecule has 1 atom stereocenters. The van der Waals surface area contributed by atoms with Gasteiger partial charge in [0.1, 0.15) is 0 Å². The van der Waals surface area contributed by atoms with E-state index in [2.05, 4.69) is 10.6 Å². The highest BCUT2D eigenvalue weighted by molar-refractivity contribution is 5.44. The molecule has 0 saturated carbocycles. The van der Waals surface area contributed by atoms with Crippen LogP contribution in [-0.2, 0) is 0 Å². The molecule has 0 aliphatic carbocycles. The number of rotatable bonds is 2. The van der Waals surface area contributed by atoms with Crippen LogP contribution in [0.1, 0.15) is 19.3 Å². The van der Waals surface area contributed by atoms with Gasteiger partial charge < -0.3 is 10.6 Å². The largest absolute Gasteiger partial charge is 0.382 e. The molecule has 1 heterocycles. The first kappa shape index (κ1) is 11.3. The normalized spacial score (nSPS) is 21.5. The molecule has 4 heteroatoms. The molecule has 2 rings (SSSR count). The van der Waals surface area contributed by atoms with Crippen LogP contribution in [0.4, 0.5) is 14.5 Å². The monoisotopic (exact) mass is 226 g/mol. The standard InChI is InChI=1S/C12H16F2N2/c13-11-4-3-10(8-12(11)14)16-9-2-1-6-15-7-5-9/h3-4,8-9,15-16H,1-2,5-7H2. The Bertz CT molecular complexity index is 347. The quantitative estimate of drug-likeness (QED) is 0.809. The fraction of sp³-hybridized carbons (Fsp3) is 0.500. The summed E-state index contributed by atoms with van der Waals surface area (Å²) in [6, 6.07) is 4.30. The lowest BCUT2D eigenvalue weighted by Gasteiger charge is -2.17. The zero-order valence-corrected chi connectivity index (χ0v) is 9.10. The summed E-state index contributed by atoms with van der Waals surface area (Å²) in [6.07, 6.45) is 3.19. The summed E-state index contributed by atoms with van der Waals surface area (Å²) >= 11 is 0. The van der Waals surface area contributed by atoms with E-state index in [0.717, 1.165) is 38.4 Å². The number of hydrogen-bond acceptors (Lipinski definition) is 2. The SMILES string of the molecule is Fc1ccc(NC2CCCNCC2)cc1F. The van der Waals surface area contributed by atoms with Crippen LogP contribution in [0.2, 0.25) is 0 Å². The van der Waals surface area contributed by atoms with Crippen LogP contribution in [-0.4, -0.2) is 19.1 Å². The molecular weight excluding hydrogens is 210 g/mol. The van der Waals surface area contributed by atoms with Crippen molar-refractivity contribution in [2.75, 3.05) is 18.4 Å². The molecule has 0 amide bonds. The van der Waals surface area contributed by atoms with Crippen molar-refractivity contribution in [1.29, 1.82) is 0 Å². The van der Waals surface area contributed by atoms with Gasteiger partial charge in [0.15, 0.2) is 11.6 Å². The van der Waals surface area contributed by atoms with Crippen LogP contribution in [0, 0.1) is 11.6 Å². The third-order valence-electron chi connectivity index (χ3n) is 2.87. The van der Waals surface area contributed by atoms with Crippen molar-refractivity contribution in [3.05, 3.63) is 29.8 Å². The summed E-state index contributed by atoms with van der Waals surface area (Å²) in [5.41, 5.74) is 0.658. The summed E-state index contributed by atoms with van der Waals surface area (Å²) in [4.78, 5) is 0. The lowest BCUT2D eigenvalue weighted by atomic mass is 10.1. The average molecular weight is 226 g/mol. The van der Waals surface area contributed by atoms with Crippen LogP contribution >= 0.6 is 0 Å². The van der Waals surface area contributed by atoms with Crippen molar-refractivity contribution in [3.8, 4) is 0 Å². The molecule has 1 aliphatic heterocycles. The van der Waals surface area contributed by atoms with Crippen LogP contribution in [0.15, 0.2) is 18.2 Å². The van der Waals surface area contributed by atoms with Gasteiger partial charge in [-0.25, -0.2) is 8.78 Å². The number of benzene rings is 1. The molecular formula is C12H16F2N2. The van der Waals surface area contributed by atoms with E-state index in [1.807, 2.05) is 0 Å². The maximum atomic E-state index is 13.0. The highest BCUT2D eigenvalue weighted by Gasteiger charge is 2.12. The third kappa shape index (κ3) is 2.92. The van der Waals surface area contributed by atoms with E-state index in [9.17, 15) is 8.78 Å². The van der Waals surface area contributed by atoms with Crippen LogP contribution in [0.5, 0.6) is 0 Å². The van der Waals surface area contributed by atoms with E-state index < -0.39 is 11.6 Å². The first-order valence-electron chi connectivity index (χ1n) is 5.68. The summed E-state index contributed by atoms with van der Waals surface area (Å²) < 4.78 is 25.7. The maximum Gasteiger partial charge on any atom is 0.160 e. The van der Waals surface area contributed by atoms with Gasteiger partial charge in [-0.1, -0.05) is 0 Å². The van der Waals surface area contributed by atoms with Gasteiger partial charge in [-0.05, 0) is 44.5 Å². The summed E-state index contributed by atoms with van der Waals surface area (Å²) in [5, 5.41) is 6.55. The van der Waals surface area contributed by atoms with Crippen LogP contribution in [0.3, 0.4) is 0 Å². The Labute approximate surface area is 94.0 Å². The molecule has 0 radical (unpaired) electrons. The van der Waals surface area contributed by atoms with Gasteiger partial charge in [0, 0.05) is 17.8 Å². The van der Waals surface area contributed by atoms with Gasteiger partial charge in [-0.3, -0.25) is 0 Å². The molecule has 1 aliphatic rings. The van der Waals surface area contributed by atoms with E-state index in [1.165, 1.54) is 6.07 Å². The zero-order chi connectivity index (χ0) is 11.4. The molecule has 1 aromatic rings. The first-order chi connectivity index (χ1) is 7.75. The summed E-state index contributed by atoms with van der Waals surface area (Å²) in [6.45, 7) is 2.01. The van der Waals surface area contributed by atoms with Crippen molar-refractivity contribution in [2.45, 2.75) is 25.3 Å². The van der Waals surface area contributed by atoms with Crippen molar-refractivity contribution in [3.63, 3.8) is 0 Å². The fourth-order valence-electron chi connectivity index (χ4n) is 1.99. The van der Waals surface area contributed by atoms with Crippen molar-refractivity contribution in [1.82, 2.24) is 5.32 Å². The van der Waals surface area contributed by atoms with E-state index in [1.54, 1.807) is 6.07 Å². The molecule has 1 unspecified atom stereocenters. The number of nitrogens with one attached hydrogen (secondary N) is 2. The second-order valence-corrected chi connectivity index (χ2v) is 4.15. The second-order valence-electron chi connectivity index (χ2n) is 4.15. The van der Waals surface area contributed by atoms with E-state index in [-0.39, 0.29) is 0 Å².